The first-order valence-electron chi connectivity index (χ1n) is 8.56. The van der Waals surface area contributed by atoms with Crippen LogP contribution in [0.1, 0.15) is 26.7 Å². The Kier molecular flexibility index (Phi) is 5.77. The minimum atomic E-state index is -0.275. The Morgan fingerprint density at radius 3 is 2.73 bits per heavy atom. The monoisotopic (exact) mass is 375 g/mol. The topological polar surface area (TPSA) is 96.5 Å². The Morgan fingerprint density at radius 2 is 2.08 bits per heavy atom. The van der Waals surface area contributed by atoms with Crippen LogP contribution in [0.3, 0.4) is 0 Å². The maximum atomic E-state index is 12.5. The molecule has 0 aliphatic heterocycles. The number of aromatic amines is 1. The molecule has 1 amide bonds. The lowest BCUT2D eigenvalue weighted by atomic mass is 10.3. The van der Waals surface area contributed by atoms with Gasteiger partial charge in [0.2, 0.25) is 5.91 Å². The van der Waals surface area contributed by atoms with Crippen molar-refractivity contribution in [2.24, 2.45) is 0 Å². The van der Waals surface area contributed by atoms with Crippen LogP contribution in [0.2, 0.25) is 0 Å². The molecule has 0 unspecified atom stereocenters. The summed E-state index contributed by atoms with van der Waals surface area (Å²) in [5.74, 6) is 1.18. The van der Waals surface area contributed by atoms with Crippen molar-refractivity contribution < 1.29 is 9.21 Å². The Hall–Kier alpha value is -2.55. The summed E-state index contributed by atoms with van der Waals surface area (Å²) in [7, 11) is 0. The van der Waals surface area contributed by atoms with E-state index in [0.717, 1.165) is 25.9 Å². The fourth-order valence-corrected chi connectivity index (χ4v) is 3.47. The van der Waals surface area contributed by atoms with Crippen LogP contribution in [0.25, 0.3) is 17.2 Å². The number of nitrogens with one attached hydrogen (secondary N) is 1. The smallest absolute Gasteiger partial charge is 0.266 e. The van der Waals surface area contributed by atoms with Gasteiger partial charge in [0.15, 0.2) is 22.4 Å². The number of hydrogen-bond donors (Lipinski definition) is 1. The summed E-state index contributed by atoms with van der Waals surface area (Å²) in [4.78, 5) is 34.9. The zero-order valence-corrected chi connectivity index (χ0v) is 15.6. The highest BCUT2D eigenvalue weighted by atomic mass is 32.2. The zero-order valence-electron chi connectivity index (χ0n) is 14.8. The minimum Gasteiger partial charge on any atom is -0.461 e. The normalized spacial score (nSPS) is 11.2. The number of aromatic nitrogens is 4. The molecule has 3 heterocycles. The Morgan fingerprint density at radius 1 is 1.31 bits per heavy atom. The van der Waals surface area contributed by atoms with Gasteiger partial charge in [0, 0.05) is 19.2 Å². The van der Waals surface area contributed by atoms with Crippen LogP contribution in [-0.2, 0) is 4.79 Å². The van der Waals surface area contributed by atoms with Gasteiger partial charge in [0.05, 0.1) is 12.0 Å². The molecule has 0 saturated carbocycles. The highest BCUT2D eigenvalue weighted by Gasteiger charge is 2.17. The first kappa shape index (κ1) is 18.2. The maximum Gasteiger partial charge on any atom is 0.266 e. The van der Waals surface area contributed by atoms with E-state index in [-0.39, 0.29) is 17.2 Å². The summed E-state index contributed by atoms with van der Waals surface area (Å²) in [6.45, 7) is 5.59. The van der Waals surface area contributed by atoms with E-state index in [0.29, 0.717) is 22.4 Å². The van der Waals surface area contributed by atoms with Crippen LogP contribution < -0.4 is 5.56 Å². The third-order valence-electron chi connectivity index (χ3n) is 3.73. The summed E-state index contributed by atoms with van der Waals surface area (Å²) < 4.78 is 6.85. The summed E-state index contributed by atoms with van der Waals surface area (Å²) in [6, 6.07) is 4.89. The van der Waals surface area contributed by atoms with E-state index in [1.807, 2.05) is 4.90 Å². The summed E-state index contributed by atoms with van der Waals surface area (Å²) in [5, 5.41) is 3.15. The molecule has 3 aromatic rings. The summed E-state index contributed by atoms with van der Waals surface area (Å²) >= 11 is 1.27. The predicted molar refractivity (Wildman–Crippen MR) is 99.2 cm³/mol. The van der Waals surface area contributed by atoms with Gasteiger partial charge in [-0.25, -0.2) is 9.50 Å². The standard InChI is InChI=1S/C17H21N5O3S/c1-3-7-21(8-4-2)15(24)11-26-17-19-16(12-6-5-9-25-12)18-13-10-14(23)20-22(13)17/h5-6,9-10H,3-4,7-8,11H2,1-2H3,(H,20,23). The third kappa shape index (κ3) is 3.98. The number of amides is 1. The van der Waals surface area contributed by atoms with Crippen LogP contribution in [0, 0.1) is 0 Å². The van der Waals surface area contributed by atoms with Crippen molar-refractivity contribution >= 4 is 23.3 Å². The van der Waals surface area contributed by atoms with Gasteiger partial charge < -0.3 is 9.32 Å². The molecule has 138 valence electrons. The van der Waals surface area contributed by atoms with Crippen molar-refractivity contribution in [1.82, 2.24) is 24.5 Å². The first-order chi connectivity index (χ1) is 12.6. The molecule has 0 aliphatic rings. The summed E-state index contributed by atoms with van der Waals surface area (Å²) in [6.07, 6.45) is 3.37. The fraction of sp³-hybridized carbons (Fsp3) is 0.412. The van der Waals surface area contributed by atoms with Crippen molar-refractivity contribution in [2.45, 2.75) is 31.8 Å². The Bertz CT molecular complexity index is 926. The van der Waals surface area contributed by atoms with E-state index in [9.17, 15) is 9.59 Å². The predicted octanol–water partition coefficient (Wildman–Crippen LogP) is 2.42. The fourth-order valence-electron chi connectivity index (χ4n) is 2.62. The number of carbonyl (C=O) groups excluding carboxylic acids is 1. The molecule has 0 saturated heterocycles. The second-order valence-corrected chi connectivity index (χ2v) is 6.73. The van der Waals surface area contributed by atoms with Crippen LogP contribution >= 0.6 is 11.8 Å². The van der Waals surface area contributed by atoms with Gasteiger partial charge in [-0.2, -0.15) is 4.98 Å². The largest absolute Gasteiger partial charge is 0.461 e. The number of nitrogens with zero attached hydrogens (tertiary/aromatic N) is 4. The van der Waals surface area contributed by atoms with Crippen molar-refractivity contribution in [3.63, 3.8) is 0 Å². The molecule has 0 bridgehead atoms. The molecule has 0 radical (unpaired) electrons. The third-order valence-corrected chi connectivity index (χ3v) is 4.65. The molecule has 3 rings (SSSR count). The average Bonchev–Trinajstić information content (AvgIpc) is 3.27. The van der Waals surface area contributed by atoms with E-state index in [1.54, 1.807) is 12.1 Å². The molecule has 8 nitrogen and oxygen atoms in total. The van der Waals surface area contributed by atoms with Gasteiger partial charge in [-0.05, 0) is 25.0 Å². The number of hydrogen-bond acceptors (Lipinski definition) is 6. The van der Waals surface area contributed by atoms with E-state index < -0.39 is 0 Å². The van der Waals surface area contributed by atoms with Crippen molar-refractivity contribution in [1.29, 1.82) is 0 Å². The van der Waals surface area contributed by atoms with Crippen molar-refractivity contribution in [2.75, 3.05) is 18.8 Å². The average molecular weight is 375 g/mol. The SMILES string of the molecule is CCCN(CCC)C(=O)CSc1nc(-c2ccco2)nc2cc(=O)[nH]n12. The van der Waals surface area contributed by atoms with Gasteiger partial charge >= 0.3 is 0 Å². The molecular weight excluding hydrogens is 354 g/mol. The number of rotatable bonds is 8. The molecule has 0 aliphatic carbocycles. The van der Waals surface area contributed by atoms with E-state index in [1.165, 1.54) is 28.6 Å². The van der Waals surface area contributed by atoms with Gasteiger partial charge in [0.1, 0.15) is 0 Å². The van der Waals surface area contributed by atoms with Gasteiger partial charge in [0.25, 0.3) is 5.56 Å². The zero-order chi connectivity index (χ0) is 18.5. The molecule has 0 spiro atoms. The van der Waals surface area contributed by atoms with Crippen molar-refractivity contribution in [3.8, 4) is 11.6 Å². The van der Waals surface area contributed by atoms with E-state index >= 15 is 0 Å². The number of H-pyrrole nitrogens is 1. The number of carbonyl (C=O) groups is 1. The minimum absolute atomic E-state index is 0.0551. The van der Waals surface area contributed by atoms with Crippen LogP contribution in [0.5, 0.6) is 0 Å². The maximum absolute atomic E-state index is 12.5. The molecule has 1 N–H and O–H groups in total. The molecule has 26 heavy (non-hydrogen) atoms. The quantitative estimate of drug-likeness (QED) is 0.608. The van der Waals surface area contributed by atoms with Gasteiger partial charge in [-0.3, -0.25) is 14.7 Å². The van der Waals surface area contributed by atoms with Gasteiger partial charge in [-0.15, -0.1) is 0 Å². The second kappa shape index (κ2) is 8.22. The van der Waals surface area contributed by atoms with Crippen molar-refractivity contribution in [3.05, 3.63) is 34.8 Å². The molecule has 0 aromatic carbocycles. The molecule has 3 aromatic heterocycles. The first-order valence-corrected chi connectivity index (χ1v) is 9.55. The van der Waals surface area contributed by atoms with Crippen LogP contribution in [0.4, 0.5) is 0 Å². The lowest BCUT2D eigenvalue weighted by Gasteiger charge is -2.21. The highest BCUT2D eigenvalue weighted by Crippen LogP contribution is 2.22. The number of fused-ring (bicyclic) bond motifs is 1. The summed E-state index contributed by atoms with van der Waals surface area (Å²) in [5.41, 5.74) is 0.160. The molecular formula is C17H21N5O3S. The lowest BCUT2D eigenvalue weighted by Crippen LogP contribution is -2.33. The molecule has 0 fully saturated rings. The van der Waals surface area contributed by atoms with Gasteiger partial charge in [-0.1, -0.05) is 25.6 Å². The lowest BCUT2D eigenvalue weighted by molar-refractivity contribution is -0.128. The second-order valence-electron chi connectivity index (χ2n) is 5.79. The van der Waals surface area contributed by atoms with E-state index in [2.05, 4.69) is 28.9 Å². The molecule has 0 atom stereocenters. The Labute approximate surface area is 154 Å². The van der Waals surface area contributed by atoms with Crippen LogP contribution in [-0.4, -0.2) is 49.2 Å². The molecule has 9 heteroatoms. The highest BCUT2D eigenvalue weighted by molar-refractivity contribution is 7.99. The van der Waals surface area contributed by atoms with Crippen LogP contribution in [0.15, 0.2) is 38.8 Å². The number of furan rings is 1. The number of thioether (sulfide) groups is 1. The van der Waals surface area contributed by atoms with E-state index in [4.69, 9.17) is 4.42 Å². The Balaban J connectivity index is 1.86.